The molecule has 2 fully saturated rings. The first-order valence-electron chi connectivity index (χ1n) is 8.95. The van der Waals surface area contributed by atoms with Crippen LogP contribution in [-0.4, -0.2) is 48.5 Å². The second kappa shape index (κ2) is 6.75. The molecule has 0 radical (unpaired) electrons. The van der Waals surface area contributed by atoms with Gasteiger partial charge in [0.2, 0.25) is 0 Å². The number of fused-ring (bicyclic) bond motifs is 1. The van der Waals surface area contributed by atoms with Gasteiger partial charge in [-0.15, -0.1) is 11.3 Å². The molecule has 1 amide bonds. The van der Waals surface area contributed by atoms with Gasteiger partial charge in [-0.2, -0.15) is 0 Å². The smallest absolute Gasteiger partial charge is 0.258 e. The zero-order valence-electron chi connectivity index (χ0n) is 15.1. The van der Waals surface area contributed by atoms with E-state index in [-0.39, 0.29) is 11.7 Å². The SMILES string of the molecule is CC1(C)COC(C2CCN(c3ncnc4cc(C(N)=O)sc34)CC2)OC1. The zero-order valence-corrected chi connectivity index (χ0v) is 15.9. The van der Waals surface area contributed by atoms with E-state index in [2.05, 4.69) is 28.7 Å². The van der Waals surface area contributed by atoms with Gasteiger partial charge in [-0.3, -0.25) is 4.79 Å². The third-order valence-corrected chi connectivity index (χ3v) is 6.17. The molecule has 4 rings (SSSR count). The summed E-state index contributed by atoms with van der Waals surface area (Å²) in [5, 5.41) is 0. The minimum atomic E-state index is -0.424. The van der Waals surface area contributed by atoms with E-state index >= 15 is 0 Å². The Bertz CT molecular complexity index is 804. The van der Waals surface area contributed by atoms with Gasteiger partial charge in [0.1, 0.15) is 12.1 Å². The van der Waals surface area contributed by atoms with Crippen LogP contribution in [0.5, 0.6) is 0 Å². The number of amides is 1. The van der Waals surface area contributed by atoms with Crippen LogP contribution in [0.2, 0.25) is 0 Å². The topological polar surface area (TPSA) is 90.6 Å². The van der Waals surface area contributed by atoms with E-state index in [1.54, 1.807) is 12.4 Å². The fourth-order valence-electron chi connectivity index (χ4n) is 3.55. The highest BCUT2D eigenvalue weighted by Gasteiger charge is 2.35. The lowest BCUT2D eigenvalue weighted by Crippen LogP contribution is -2.45. The molecule has 7 nitrogen and oxygen atoms in total. The normalized spacial score (nSPS) is 22.0. The average molecular weight is 376 g/mol. The molecular formula is C18H24N4O3S. The Balaban J connectivity index is 1.45. The number of rotatable bonds is 3. The van der Waals surface area contributed by atoms with Crippen molar-refractivity contribution in [1.82, 2.24) is 9.97 Å². The van der Waals surface area contributed by atoms with Crippen molar-refractivity contribution in [2.24, 2.45) is 17.1 Å². The van der Waals surface area contributed by atoms with Gasteiger partial charge in [0.05, 0.1) is 28.3 Å². The lowest BCUT2D eigenvalue weighted by atomic mass is 9.92. The summed E-state index contributed by atoms with van der Waals surface area (Å²) in [6.45, 7) is 7.58. The van der Waals surface area contributed by atoms with Crippen molar-refractivity contribution in [1.29, 1.82) is 0 Å². The fraction of sp³-hybridized carbons (Fsp3) is 0.611. The molecule has 0 aliphatic carbocycles. The molecule has 0 atom stereocenters. The number of nitrogens with zero attached hydrogens (tertiary/aromatic N) is 3. The molecule has 2 aliphatic rings. The van der Waals surface area contributed by atoms with Gasteiger partial charge in [-0.25, -0.2) is 9.97 Å². The largest absolute Gasteiger partial charge is 0.365 e. The quantitative estimate of drug-likeness (QED) is 0.885. The Morgan fingerprint density at radius 2 is 1.96 bits per heavy atom. The van der Waals surface area contributed by atoms with E-state index in [0.29, 0.717) is 10.8 Å². The molecule has 2 saturated heterocycles. The van der Waals surface area contributed by atoms with Crippen LogP contribution in [0.15, 0.2) is 12.4 Å². The van der Waals surface area contributed by atoms with Crippen molar-refractivity contribution < 1.29 is 14.3 Å². The predicted molar refractivity (Wildman–Crippen MR) is 100 cm³/mol. The van der Waals surface area contributed by atoms with Crippen LogP contribution in [0, 0.1) is 11.3 Å². The number of carbonyl (C=O) groups excluding carboxylic acids is 1. The minimum Gasteiger partial charge on any atom is -0.365 e. The van der Waals surface area contributed by atoms with Gasteiger partial charge in [-0.1, -0.05) is 13.8 Å². The van der Waals surface area contributed by atoms with Crippen molar-refractivity contribution >= 4 is 33.3 Å². The fourth-order valence-corrected chi connectivity index (χ4v) is 4.53. The Labute approximate surface area is 156 Å². The van der Waals surface area contributed by atoms with E-state index in [1.165, 1.54) is 11.3 Å². The van der Waals surface area contributed by atoms with E-state index in [9.17, 15) is 4.79 Å². The number of carbonyl (C=O) groups is 1. The van der Waals surface area contributed by atoms with Crippen LogP contribution in [0.1, 0.15) is 36.4 Å². The standard InChI is InChI=1S/C18H24N4O3S/c1-18(2)8-24-17(25-9-18)11-3-5-22(6-4-11)16-14-12(20-10-21-16)7-13(26-14)15(19)23/h7,10-11,17H,3-6,8-9H2,1-2H3,(H2,19,23). The molecule has 26 heavy (non-hydrogen) atoms. The number of primary amides is 1. The maximum Gasteiger partial charge on any atom is 0.258 e. The molecule has 4 heterocycles. The summed E-state index contributed by atoms with van der Waals surface area (Å²) in [5.41, 5.74) is 6.28. The molecule has 8 heteroatoms. The van der Waals surface area contributed by atoms with Gasteiger partial charge in [0, 0.05) is 24.4 Å². The molecule has 0 unspecified atom stereocenters. The molecule has 2 N–H and O–H groups in total. The number of ether oxygens (including phenoxy) is 2. The second-order valence-corrected chi connectivity index (χ2v) is 8.92. The zero-order chi connectivity index (χ0) is 18.3. The monoisotopic (exact) mass is 376 g/mol. The Kier molecular flexibility index (Phi) is 4.58. The Hall–Kier alpha value is -1.77. The van der Waals surface area contributed by atoms with Crippen molar-refractivity contribution in [3.05, 3.63) is 17.3 Å². The van der Waals surface area contributed by atoms with Gasteiger partial charge >= 0.3 is 0 Å². The molecule has 140 valence electrons. The molecule has 2 aromatic rings. The second-order valence-electron chi connectivity index (χ2n) is 7.87. The van der Waals surface area contributed by atoms with E-state index in [1.807, 2.05) is 0 Å². The molecule has 0 bridgehead atoms. The predicted octanol–water partition coefficient (Wildman–Crippen LogP) is 2.41. The maximum absolute atomic E-state index is 11.5. The minimum absolute atomic E-state index is 0.0983. The first-order chi connectivity index (χ1) is 12.4. The first kappa shape index (κ1) is 17.6. The summed E-state index contributed by atoms with van der Waals surface area (Å²) in [7, 11) is 0. The number of hydrogen-bond donors (Lipinski definition) is 1. The van der Waals surface area contributed by atoms with Crippen LogP contribution in [-0.2, 0) is 9.47 Å². The molecule has 2 aliphatic heterocycles. The van der Waals surface area contributed by atoms with E-state index in [0.717, 1.165) is 55.2 Å². The lowest BCUT2D eigenvalue weighted by Gasteiger charge is -2.41. The van der Waals surface area contributed by atoms with Gasteiger partial charge < -0.3 is 20.1 Å². The lowest BCUT2D eigenvalue weighted by molar-refractivity contribution is -0.245. The van der Waals surface area contributed by atoms with Crippen LogP contribution in [0.25, 0.3) is 10.2 Å². The van der Waals surface area contributed by atoms with Crippen LogP contribution < -0.4 is 10.6 Å². The summed E-state index contributed by atoms with van der Waals surface area (Å²) < 4.78 is 12.8. The Morgan fingerprint density at radius 3 is 2.62 bits per heavy atom. The van der Waals surface area contributed by atoms with Gasteiger partial charge in [0.25, 0.3) is 5.91 Å². The number of hydrogen-bond acceptors (Lipinski definition) is 7. The van der Waals surface area contributed by atoms with Gasteiger partial charge in [-0.05, 0) is 18.9 Å². The third-order valence-electron chi connectivity index (χ3n) is 5.04. The highest BCUT2D eigenvalue weighted by molar-refractivity contribution is 7.21. The summed E-state index contributed by atoms with van der Waals surface area (Å²) >= 11 is 1.36. The molecule has 2 aromatic heterocycles. The number of aromatic nitrogens is 2. The van der Waals surface area contributed by atoms with E-state index < -0.39 is 5.91 Å². The molecule has 0 saturated carbocycles. The average Bonchev–Trinajstić information content (AvgIpc) is 3.07. The summed E-state index contributed by atoms with van der Waals surface area (Å²) in [5.74, 6) is 0.869. The maximum atomic E-state index is 11.5. The van der Waals surface area contributed by atoms with Crippen molar-refractivity contribution in [2.75, 3.05) is 31.2 Å². The van der Waals surface area contributed by atoms with Crippen molar-refractivity contribution in [3.8, 4) is 0 Å². The van der Waals surface area contributed by atoms with Gasteiger partial charge in [0.15, 0.2) is 6.29 Å². The molecule has 0 aromatic carbocycles. The highest BCUT2D eigenvalue weighted by atomic mass is 32.1. The highest BCUT2D eigenvalue weighted by Crippen LogP contribution is 2.35. The van der Waals surface area contributed by atoms with Crippen LogP contribution in [0.3, 0.4) is 0 Å². The molecular weight excluding hydrogens is 352 g/mol. The summed E-state index contributed by atoms with van der Waals surface area (Å²) in [4.78, 5) is 23.0. The number of piperidine rings is 1. The third kappa shape index (κ3) is 3.41. The van der Waals surface area contributed by atoms with Crippen molar-refractivity contribution in [3.63, 3.8) is 0 Å². The van der Waals surface area contributed by atoms with E-state index in [4.69, 9.17) is 15.2 Å². The number of thiophene rings is 1. The van der Waals surface area contributed by atoms with Crippen LogP contribution in [0.4, 0.5) is 5.82 Å². The number of anilines is 1. The Morgan fingerprint density at radius 1 is 1.27 bits per heavy atom. The number of nitrogens with two attached hydrogens (primary N) is 1. The van der Waals surface area contributed by atoms with Crippen LogP contribution >= 0.6 is 11.3 Å². The summed E-state index contributed by atoms with van der Waals surface area (Å²) in [6.07, 6.45) is 3.44. The van der Waals surface area contributed by atoms with Crippen molar-refractivity contribution in [2.45, 2.75) is 33.0 Å². The molecule has 0 spiro atoms. The summed E-state index contributed by atoms with van der Waals surface area (Å²) in [6, 6.07) is 1.74. The first-order valence-corrected chi connectivity index (χ1v) is 9.77.